The molecule has 1 atom stereocenters. The summed E-state index contributed by atoms with van der Waals surface area (Å²) in [6.45, 7) is 3.65. The number of rotatable bonds is 9. The van der Waals surface area contributed by atoms with Crippen LogP contribution in [-0.4, -0.2) is 50.5 Å². The molecular weight excluding hydrogens is 479 g/mol. The molecule has 9 heteroatoms. The molecule has 0 saturated carbocycles. The van der Waals surface area contributed by atoms with E-state index in [4.69, 9.17) is 13.9 Å². The number of thiophene rings is 1. The Morgan fingerprint density at radius 2 is 2.37 bits per heavy atom. The van der Waals surface area contributed by atoms with Crippen LogP contribution in [0.5, 0.6) is 0 Å². The standard InChI is InChI=1S/C18H26N4O3S.HI/c1-19-18(20-7-4-8-23-13-15-5-2-9-24-15)21-11-14-12-25-17(22-14)16-6-3-10-26-16;/h3,6,10,12,15H,2,4-5,7-9,11,13H2,1H3,(H2,19,20,21);1H. The second kappa shape index (κ2) is 12.3. The van der Waals surface area contributed by atoms with Crippen molar-refractivity contribution in [2.45, 2.75) is 31.9 Å². The number of ether oxygens (including phenoxy) is 2. The van der Waals surface area contributed by atoms with Crippen LogP contribution in [-0.2, 0) is 16.0 Å². The molecule has 0 aliphatic carbocycles. The molecule has 0 spiro atoms. The van der Waals surface area contributed by atoms with Gasteiger partial charge in [0.1, 0.15) is 6.26 Å². The van der Waals surface area contributed by atoms with Crippen LogP contribution in [0.1, 0.15) is 25.0 Å². The molecule has 7 nitrogen and oxygen atoms in total. The highest BCUT2D eigenvalue weighted by Gasteiger charge is 2.14. The molecule has 1 fully saturated rings. The molecule has 0 aromatic carbocycles. The number of hydrogen-bond donors (Lipinski definition) is 2. The second-order valence-electron chi connectivity index (χ2n) is 6.04. The van der Waals surface area contributed by atoms with E-state index in [9.17, 15) is 0 Å². The second-order valence-corrected chi connectivity index (χ2v) is 6.99. The number of nitrogens with one attached hydrogen (secondary N) is 2. The third-order valence-electron chi connectivity index (χ3n) is 4.03. The Kier molecular flexibility index (Phi) is 10.1. The molecular formula is C18H27IN4O3S. The van der Waals surface area contributed by atoms with Crippen LogP contribution in [0.15, 0.2) is 33.2 Å². The molecule has 0 amide bonds. The maximum Gasteiger partial charge on any atom is 0.236 e. The fourth-order valence-electron chi connectivity index (χ4n) is 2.67. The number of aliphatic imine (C=N–C) groups is 1. The average Bonchev–Trinajstić information content (AvgIpc) is 3.42. The molecule has 2 aromatic heterocycles. The molecule has 3 rings (SSSR count). The number of hydrogen-bond acceptors (Lipinski definition) is 6. The van der Waals surface area contributed by atoms with Crippen LogP contribution in [0.2, 0.25) is 0 Å². The van der Waals surface area contributed by atoms with Gasteiger partial charge in [-0.3, -0.25) is 4.99 Å². The summed E-state index contributed by atoms with van der Waals surface area (Å²) in [6.07, 6.45) is 5.15. The third kappa shape index (κ3) is 7.40. The van der Waals surface area contributed by atoms with Crippen LogP contribution >= 0.6 is 35.3 Å². The van der Waals surface area contributed by atoms with Gasteiger partial charge in [0.2, 0.25) is 5.89 Å². The van der Waals surface area contributed by atoms with Gasteiger partial charge in [0, 0.05) is 26.8 Å². The molecule has 1 saturated heterocycles. The quantitative estimate of drug-likeness (QED) is 0.235. The molecule has 1 aliphatic rings. The van der Waals surface area contributed by atoms with Crippen LogP contribution in [0.25, 0.3) is 10.8 Å². The highest BCUT2D eigenvalue weighted by Crippen LogP contribution is 2.23. The lowest BCUT2D eigenvalue weighted by molar-refractivity contribution is 0.0168. The van der Waals surface area contributed by atoms with E-state index in [0.29, 0.717) is 25.1 Å². The van der Waals surface area contributed by atoms with Gasteiger partial charge in [0.25, 0.3) is 0 Å². The van der Waals surface area contributed by atoms with E-state index in [1.807, 2.05) is 17.5 Å². The van der Waals surface area contributed by atoms with Crippen molar-refractivity contribution < 1.29 is 13.9 Å². The van der Waals surface area contributed by atoms with Crippen LogP contribution in [0, 0.1) is 0 Å². The summed E-state index contributed by atoms with van der Waals surface area (Å²) in [5, 5.41) is 8.52. The Balaban J connectivity index is 0.00000261. The van der Waals surface area contributed by atoms with Gasteiger partial charge in [-0.25, -0.2) is 4.98 Å². The van der Waals surface area contributed by atoms with Crippen molar-refractivity contribution in [2.24, 2.45) is 4.99 Å². The number of oxazole rings is 1. The Hall–Kier alpha value is -1.17. The normalized spacial score (nSPS) is 16.9. The zero-order chi connectivity index (χ0) is 18.0. The number of guanidine groups is 1. The summed E-state index contributed by atoms with van der Waals surface area (Å²) in [5.74, 6) is 1.40. The first kappa shape index (κ1) is 22.1. The van der Waals surface area contributed by atoms with Gasteiger partial charge < -0.3 is 24.5 Å². The lowest BCUT2D eigenvalue weighted by Crippen LogP contribution is -2.37. The number of nitrogens with zero attached hydrogens (tertiary/aromatic N) is 2. The van der Waals surface area contributed by atoms with Gasteiger partial charge >= 0.3 is 0 Å². The average molecular weight is 506 g/mol. The fraction of sp³-hybridized carbons (Fsp3) is 0.556. The largest absolute Gasteiger partial charge is 0.443 e. The number of aromatic nitrogens is 1. The van der Waals surface area contributed by atoms with Crippen molar-refractivity contribution in [3.05, 3.63) is 29.5 Å². The molecule has 1 aliphatic heterocycles. The van der Waals surface area contributed by atoms with Crippen molar-refractivity contribution in [3.63, 3.8) is 0 Å². The van der Waals surface area contributed by atoms with E-state index in [1.165, 1.54) is 0 Å². The van der Waals surface area contributed by atoms with E-state index in [0.717, 1.165) is 55.6 Å². The van der Waals surface area contributed by atoms with Crippen molar-refractivity contribution in [2.75, 3.05) is 33.4 Å². The summed E-state index contributed by atoms with van der Waals surface area (Å²) in [7, 11) is 1.75. The van der Waals surface area contributed by atoms with Crippen molar-refractivity contribution in [3.8, 4) is 10.8 Å². The van der Waals surface area contributed by atoms with E-state index in [1.54, 1.807) is 24.6 Å². The highest BCUT2D eigenvalue weighted by molar-refractivity contribution is 14.0. The molecule has 2 aromatic rings. The predicted molar refractivity (Wildman–Crippen MR) is 118 cm³/mol. The van der Waals surface area contributed by atoms with E-state index in [2.05, 4.69) is 20.6 Å². The summed E-state index contributed by atoms with van der Waals surface area (Å²) in [4.78, 5) is 9.73. The fourth-order valence-corrected chi connectivity index (χ4v) is 3.32. The van der Waals surface area contributed by atoms with Gasteiger partial charge in [0.05, 0.1) is 29.8 Å². The summed E-state index contributed by atoms with van der Waals surface area (Å²) < 4.78 is 16.7. The Morgan fingerprint density at radius 1 is 1.44 bits per heavy atom. The third-order valence-corrected chi connectivity index (χ3v) is 4.89. The van der Waals surface area contributed by atoms with Crippen molar-refractivity contribution in [1.82, 2.24) is 15.6 Å². The molecule has 27 heavy (non-hydrogen) atoms. The summed E-state index contributed by atoms with van der Waals surface area (Å²) in [5.41, 5.74) is 0.844. The van der Waals surface area contributed by atoms with Gasteiger partial charge in [-0.05, 0) is 30.7 Å². The SMILES string of the molecule is CN=C(NCCCOCC1CCCO1)NCc1coc(-c2cccs2)n1.I. The smallest absolute Gasteiger partial charge is 0.236 e. The molecule has 2 N–H and O–H groups in total. The lowest BCUT2D eigenvalue weighted by atomic mass is 10.2. The molecule has 0 bridgehead atoms. The highest BCUT2D eigenvalue weighted by atomic mass is 127. The van der Waals surface area contributed by atoms with Gasteiger partial charge in [-0.15, -0.1) is 35.3 Å². The summed E-state index contributed by atoms with van der Waals surface area (Å²) >= 11 is 1.61. The van der Waals surface area contributed by atoms with Crippen LogP contribution in [0.4, 0.5) is 0 Å². The van der Waals surface area contributed by atoms with Crippen molar-refractivity contribution >= 4 is 41.3 Å². The van der Waals surface area contributed by atoms with Gasteiger partial charge in [-0.2, -0.15) is 0 Å². The molecule has 0 radical (unpaired) electrons. The molecule has 3 heterocycles. The van der Waals surface area contributed by atoms with Crippen molar-refractivity contribution in [1.29, 1.82) is 0 Å². The minimum absolute atomic E-state index is 0. The summed E-state index contributed by atoms with van der Waals surface area (Å²) in [6, 6.07) is 3.98. The molecule has 150 valence electrons. The van der Waals surface area contributed by atoms with E-state index in [-0.39, 0.29) is 24.0 Å². The maximum absolute atomic E-state index is 5.65. The first-order valence-corrected chi connectivity index (χ1v) is 9.85. The Morgan fingerprint density at radius 3 is 3.11 bits per heavy atom. The zero-order valence-electron chi connectivity index (χ0n) is 15.5. The first-order valence-electron chi connectivity index (χ1n) is 8.97. The zero-order valence-corrected chi connectivity index (χ0v) is 18.6. The number of halogens is 1. The molecule has 1 unspecified atom stereocenters. The van der Waals surface area contributed by atoms with Gasteiger partial charge in [-0.1, -0.05) is 6.07 Å². The first-order chi connectivity index (χ1) is 12.8. The van der Waals surface area contributed by atoms with Crippen LogP contribution < -0.4 is 10.6 Å². The lowest BCUT2D eigenvalue weighted by Gasteiger charge is -2.12. The van der Waals surface area contributed by atoms with E-state index < -0.39 is 0 Å². The Bertz CT molecular complexity index is 672. The minimum atomic E-state index is 0. The van der Waals surface area contributed by atoms with Gasteiger partial charge in [0.15, 0.2) is 5.96 Å². The minimum Gasteiger partial charge on any atom is -0.443 e. The topological polar surface area (TPSA) is 80.9 Å². The maximum atomic E-state index is 5.65. The monoisotopic (exact) mass is 506 g/mol. The predicted octanol–water partition coefficient (Wildman–Crippen LogP) is 3.27. The van der Waals surface area contributed by atoms with Crippen LogP contribution in [0.3, 0.4) is 0 Å². The Labute approximate surface area is 181 Å². The van der Waals surface area contributed by atoms with E-state index >= 15 is 0 Å².